The summed E-state index contributed by atoms with van der Waals surface area (Å²) in [7, 11) is 0. The molecule has 2 rings (SSSR count). The van der Waals surface area contributed by atoms with Gasteiger partial charge in [0.2, 0.25) is 11.8 Å². The summed E-state index contributed by atoms with van der Waals surface area (Å²) < 4.78 is 0.902. The molecule has 0 aliphatic rings. The van der Waals surface area contributed by atoms with Crippen molar-refractivity contribution in [2.75, 3.05) is 11.1 Å². The normalized spacial score (nSPS) is 10.6. The number of amides is 2. The highest BCUT2D eigenvalue weighted by Gasteiger charge is 2.12. The molecule has 0 fully saturated rings. The average molecular weight is 364 g/mol. The Hall–Kier alpha value is -1.86. The van der Waals surface area contributed by atoms with Crippen LogP contribution < -0.4 is 11.1 Å². The molecule has 0 unspecified atom stereocenters. The van der Waals surface area contributed by atoms with Crippen LogP contribution >= 0.6 is 23.1 Å². The number of hydrogen-bond donors (Lipinski definition) is 2. The van der Waals surface area contributed by atoms with E-state index < -0.39 is 0 Å². The molecule has 7 heteroatoms. The third-order valence-electron chi connectivity index (χ3n) is 3.42. The Morgan fingerprint density at radius 2 is 1.92 bits per heavy atom. The van der Waals surface area contributed by atoms with Gasteiger partial charge in [0.1, 0.15) is 0 Å². The van der Waals surface area contributed by atoms with Crippen LogP contribution in [0.25, 0.3) is 0 Å². The lowest BCUT2D eigenvalue weighted by atomic mass is 10.1. The van der Waals surface area contributed by atoms with Gasteiger partial charge in [0.25, 0.3) is 0 Å². The maximum atomic E-state index is 12.1. The number of primary amides is 1. The van der Waals surface area contributed by atoms with Gasteiger partial charge in [-0.2, -0.15) is 0 Å². The Bertz CT molecular complexity index is 711. The van der Waals surface area contributed by atoms with Crippen molar-refractivity contribution in [2.45, 2.75) is 37.3 Å². The molecular formula is C17H21N3O2S2. The summed E-state index contributed by atoms with van der Waals surface area (Å²) in [6.45, 7) is 3.97. The number of nitrogens with one attached hydrogen (secondary N) is 1. The molecule has 0 aliphatic carbocycles. The molecule has 3 N–H and O–H groups in total. The van der Waals surface area contributed by atoms with Gasteiger partial charge in [0.15, 0.2) is 5.13 Å². The molecule has 2 amide bonds. The zero-order valence-corrected chi connectivity index (χ0v) is 15.4. The zero-order valence-electron chi connectivity index (χ0n) is 13.8. The van der Waals surface area contributed by atoms with Crippen LogP contribution in [-0.4, -0.2) is 22.6 Å². The van der Waals surface area contributed by atoms with E-state index in [4.69, 9.17) is 5.73 Å². The Balaban J connectivity index is 1.85. The van der Waals surface area contributed by atoms with Crippen LogP contribution in [-0.2, 0) is 22.4 Å². The van der Waals surface area contributed by atoms with E-state index in [1.54, 1.807) is 0 Å². The summed E-state index contributed by atoms with van der Waals surface area (Å²) in [6.07, 6.45) is 2.12. The topological polar surface area (TPSA) is 85.1 Å². The van der Waals surface area contributed by atoms with Crippen molar-refractivity contribution in [1.82, 2.24) is 4.98 Å². The van der Waals surface area contributed by atoms with Gasteiger partial charge in [0, 0.05) is 6.42 Å². The van der Waals surface area contributed by atoms with Crippen LogP contribution in [0.4, 0.5) is 5.13 Å². The second-order valence-electron chi connectivity index (χ2n) is 5.37. The molecule has 0 saturated heterocycles. The summed E-state index contributed by atoms with van der Waals surface area (Å²) in [6, 6.07) is 8.33. The van der Waals surface area contributed by atoms with Crippen LogP contribution in [0.3, 0.4) is 0 Å². The van der Waals surface area contributed by atoms with Crippen molar-refractivity contribution in [2.24, 2.45) is 5.73 Å². The highest BCUT2D eigenvalue weighted by atomic mass is 32.2. The monoisotopic (exact) mass is 363 g/mol. The van der Waals surface area contributed by atoms with Crippen molar-refractivity contribution in [3.05, 3.63) is 41.1 Å². The van der Waals surface area contributed by atoms with Gasteiger partial charge < -0.3 is 11.1 Å². The van der Waals surface area contributed by atoms with Crippen LogP contribution in [0.1, 0.15) is 30.2 Å². The lowest BCUT2D eigenvalue weighted by Gasteiger charge is -2.03. The number of thiazole rings is 1. The fourth-order valence-electron chi connectivity index (χ4n) is 2.09. The Morgan fingerprint density at radius 3 is 2.54 bits per heavy atom. The molecule has 2 aromatic rings. The number of hydrogen-bond acceptors (Lipinski definition) is 5. The molecule has 0 radical (unpaired) electrons. The number of rotatable bonds is 8. The molecule has 0 bridgehead atoms. The molecule has 0 spiro atoms. The molecule has 1 heterocycles. The van der Waals surface area contributed by atoms with Crippen molar-refractivity contribution in [1.29, 1.82) is 0 Å². The summed E-state index contributed by atoms with van der Waals surface area (Å²) in [5, 5.41) is 3.38. The third kappa shape index (κ3) is 5.65. The SMILES string of the molecule is CCc1ccc(CCC(=O)Nc2nc(C)c(SCC(N)=O)s2)cc1. The highest BCUT2D eigenvalue weighted by Crippen LogP contribution is 2.31. The quantitative estimate of drug-likeness (QED) is 0.706. The predicted molar refractivity (Wildman–Crippen MR) is 99.5 cm³/mol. The number of thioether (sulfide) groups is 1. The first-order chi connectivity index (χ1) is 11.5. The van der Waals surface area contributed by atoms with Gasteiger partial charge in [-0.05, 0) is 30.9 Å². The highest BCUT2D eigenvalue weighted by molar-refractivity contribution is 8.01. The molecule has 128 valence electrons. The van der Waals surface area contributed by atoms with E-state index in [1.165, 1.54) is 28.7 Å². The number of nitrogens with zero attached hydrogens (tertiary/aromatic N) is 1. The second-order valence-corrected chi connectivity index (χ2v) is 7.61. The van der Waals surface area contributed by atoms with Crippen LogP contribution in [0, 0.1) is 6.92 Å². The Morgan fingerprint density at radius 1 is 1.25 bits per heavy atom. The number of carbonyl (C=O) groups is 2. The van der Waals surface area contributed by atoms with E-state index in [2.05, 4.69) is 41.5 Å². The van der Waals surface area contributed by atoms with Gasteiger partial charge in [0.05, 0.1) is 15.7 Å². The van der Waals surface area contributed by atoms with E-state index in [1.807, 2.05) is 6.92 Å². The fraction of sp³-hybridized carbons (Fsp3) is 0.353. The number of anilines is 1. The first kappa shape index (κ1) is 18.5. The largest absolute Gasteiger partial charge is 0.369 e. The molecule has 1 aromatic heterocycles. The summed E-state index contributed by atoms with van der Waals surface area (Å²) in [5.41, 5.74) is 8.39. The van der Waals surface area contributed by atoms with Gasteiger partial charge in [-0.1, -0.05) is 42.5 Å². The zero-order chi connectivity index (χ0) is 17.5. The number of nitrogens with two attached hydrogens (primary N) is 1. The van der Waals surface area contributed by atoms with Crippen LogP contribution in [0.5, 0.6) is 0 Å². The predicted octanol–water partition coefficient (Wildman–Crippen LogP) is 3.16. The minimum atomic E-state index is -0.368. The molecular weight excluding hydrogens is 342 g/mol. The first-order valence-electron chi connectivity index (χ1n) is 7.74. The first-order valence-corrected chi connectivity index (χ1v) is 9.54. The molecule has 1 aromatic carbocycles. The third-order valence-corrected chi connectivity index (χ3v) is 5.88. The number of aryl methyl sites for hydroxylation is 3. The van der Waals surface area contributed by atoms with E-state index in [0.29, 0.717) is 18.0 Å². The lowest BCUT2D eigenvalue weighted by Crippen LogP contribution is -2.12. The number of carbonyl (C=O) groups excluding carboxylic acids is 2. The van der Waals surface area contributed by atoms with Crippen molar-refractivity contribution in [3.63, 3.8) is 0 Å². The second kappa shape index (κ2) is 8.84. The fourth-order valence-corrected chi connectivity index (χ4v) is 3.98. The number of aromatic nitrogens is 1. The standard InChI is InChI=1S/C17H21N3O2S2/c1-3-12-4-6-13(7-5-12)8-9-15(22)20-17-19-11(2)16(24-17)23-10-14(18)21/h4-7H,3,8-10H2,1-2H3,(H2,18,21)(H,19,20,22). The smallest absolute Gasteiger partial charge is 0.227 e. The van der Waals surface area contributed by atoms with Crippen molar-refractivity contribution >= 4 is 40.0 Å². The summed E-state index contributed by atoms with van der Waals surface area (Å²) >= 11 is 2.72. The van der Waals surface area contributed by atoms with E-state index in [-0.39, 0.29) is 17.6 Å². The molecule has 0 atom stereocenters. The maximum absolute atomic E-state index is 12.1. The lowest BCUT2D eigenvalue weighted by molar-refractivity contribution is -0.116. The van der Waals surface area contributed by atoms with Crippen LogP contribution in [0.15, 0.2) is 28.5 Å². The van der Waals surface area contributed by atoms with Crippen molar-refractivity contribution < 1.29 is 9.59 Å². The van der Waals surface area contributed by atoms with Gasteiger partial charge >= 0.3 is 0 Å². The van der Waals surface area contributed by atoms with Gasteiger partial charge in [-0.25, -0.2) is 4.98 Å². The molecule has 5 nitrogen and oxygen atoms in total. The minimum Gasteiger partial charge on any atom is -0.369 e. The van der Waals surface area contributed by atoms with Crippen molar-refractivity contribution in [3.8, 4) is 0 Å². The van der Waals surface area contributed by atoms with E-state index in [0.717, 1.165) is 21.9 Å². The maximum Gasteiger partial charge on any atom is 0.227 e. The number of benzene rings is 1. The van der Waals surface area contributed by atoms with Gasteiger partial charge in [-0.3, -0.25) is 9.59 Å². The Labute approximate surface area is 150 Å². The minimum absolute atomic E-state index is 0.0604. The molecule has 0 aliphatic heterocycles. The van der Waals surface area contributed by atoms with E-state index in [9.17, 15) is 9.59 Å². The van der Waals surface area contributed by atoms with E-state index >= 15 is 0 Å². The summed E-state index contributed by atoms with van der Waals surface area (Å²) in [4.78, 5) is 27.2. The summed E-state index contributed by atoms with van der Waals surface area (Å²) in [5.74, 6) is -0.216. The Kier molecular flexibility index (Phi) is 6.81. The van der Waals surface area contributed by atoms with Crippen LogP contribution in [0.2, 0.25) is 0 Å². The average Bonchev–Trinajstić information content (AvgIpc) is 2.91. The molecule has 24 heavy (non-hydrogen) atoms. The molecule has 0 saturated carbocycles. The van der Waals surface area contributed by atoms with Gasteiger partial charge in [-0.15, -0.1) is 11.8 Å².